The summed E-state index contributed by atoms with van der Waals surface area (Å²) in [4.78, 5) is 39.5. The summed E-state index contributed by atoms with van der Waals surface area (Å²) in [7, 11) is 0. The smallest absolute Gasteiger partial charge is 0.410 e. The van der Waals surface area contributed by atoms with Gasteiger partial charge >= 0.3 is 18.2 Å². The number of nitrogens with one attached hydrogen (secondary N) is 1. The first kappa shape index (κ1) is 27.8. The lowest BCUT2D eigenvalue weighted by atomic mass is 9.98. The van der Waals surface area contributed by atoms with Gasteiger partial charge in [0, 0.05) is 30.5 Å². The van der Waals surface area contributed by atoms with E-state index in [-0.39, 0.29) is 36.8 Å². The first-order valence-corrected chi connectivity index (χ1v) is 14.5. The van der Waals surface area contributed by atoms with Crippen LogP contribution in [0.4, 0.5) is 9.59 Å². The van der Waals surface area contributed by atoms with E-state index in [9.17, 15) is 19.5 Å². The number of carboxylic acid groups (broad SMARTS) is 1. The normalized spacial score (nSPS) is 19.5. The Morgan fingerprint density at radius 1 is 1.02 bits per heavy atom. The Hall–Kier alpha value is -4.34. The maximum absolute atomic E-state index is 13.3. The van der Waals surface area contributed by atoms with E-state index in [0.717, 1.165) is 22.3 Å². The zero-order valence-corrected chi connectivity index (χ0v) is 24.1. The minimum absolute atomic E-state index is 0.0522. The average Bonchev–Trinajstić information content (AvgIpc) is 3.64. The van der Waals surface area contributed by atoms with Crippen molar-refractivity contribution in [2.45, 2.75) is 76.6 Å². The highest BCUT2D eigenvalue weighted by molar-refractivity contribution is 5.88. The number of ether oxygens (including phenoxy) is 2. The molecular formula is C32H36N4O6. The van der Waals surface area contributed by atoms with E-state index in [0.29, 0.717) is 43.5 Å². The van der Waals surface area contributed by atoms with Crippen molar-refractivity contribution in [2.24, 2.45) is 0 Å². The van der Waals surface area contributed by atoms with Crippen LogP contribution in [0.1, 0.15) is 84.9 Å². The summed E-state index contributed by atoms with van der Waals surface area (Å²) in [6, 6.07) is 16.0. The van der Waals surface area contributed by atoms with Gasteiger partial charge in [-0.2, -0.15) is 5.10 Å². The third-order valence-corrected chi connectivity index (χ3v) is 8.33. The first-order chi connectivity index (χ1) is 20.1. The van der Waals surface area contributed by atoms with Gasteiger partial charge in [-0.25, -0.2) is 14.4 Å². The van der Waals surface area contributed by atoms with Crippen LogP contribution >= 0.6 is 0 Å². The van der Waals surface area contributed by atoms with Crippen molar-refractivity contribution in [3.63, 3.8) is 0 Å². The number of aromatic nitrogens is 2. The molecule has 0 bridgehead atoms. The van der Waals surface area contributed by atoms with Crippen LogP contribution in [-0.2, 0) is 22.4 Å². The van der Waals surface area contributed by atoms with Crippen LogP contribution in [0.25, 0.3) is 11.1 Å². The zero-order valence-electron chi connectivity index (χ0n) is 24.1. The lowest BCUT2D eigenvalue weighted by Crippen LogP contribution is -2.38. The fraction of sp³-hybridized carbons (Fsp3) is 0.438. The Morgan fingerprint density at radius 3 is 2.33 bits per heavy atom. The molecule has 3 aromatic rings. The van der Waals surface area contributed by atoms with Gasteiger partial charge in [-0.05, 0) is 62.3 Å². The SMILES string of the molecule is CC(C)(C)OC(=O)N[C@@H]1CC[C@@H](n2nc3c(c2C(=O)O)CN(C(=O)OCC2c4ccccc4-c4ccccc42)CC3)C1. The number of hydrogen-bond donors (Lipinski definition) is 2. The van der Waals surface area contributed by atoms with Crippen molar-refractivity contribution in [1.82, 2.24) is 20.0 Å². The number of carboxylic acids is 1. The zero-order chi connectivity index (χ0) is 29.6. The summed E-state index contributed by atoms with van der Waals surface area (Å²) >= 11 is 0. The van der Waals surface area contributed by atoms with Crippen molar-refractivity contribution in [1.29, 1.82) is 0 Å². The third kappa shape index (κ3) is 5.33. The van der Waals surface area contributed by atoms with E-state index in [1.165, 1.54) is 0 Å². The number of fused-ring (bicyclic) bond motifs is 4. The maximum Gasteiger partial charge on any atom is 0.410 e. The fourth-order valence-electron chi connectivity index (χ4n) is 6.51. The van der Waals surface area contributed by atoms with Crippen LogP contribution < -0.4 is 5.32 Å². The minimum Gasteiger partial charge on any atom is -0.477 e. The molecule has 42 heavy (non-hydrogen) atoms. The Morgan fingerprint density at radius 2 is 1.69 bits per heavy atom. The van der Waals surface area contributed by atoms with Crippen molar-refractivity contribution >= 4 is 18.2 Å². The predicted octanol–water partition coefficient (Wildman–Crippen LogP) is 5.51. The summed E-state index contributed by atoms with van der Waals surface area (Å²) < 4.78 is 12.8. The van der Waals surface area contributed by atoms with Gasteiger partial charge in [-0.15, -0.1) is 0 Å². The van der Waals surface area contributed by atoms with E-state index in [1.807, 2.05) is 45.0 Å². The van der Waals surface area contributed by atoms with Gasteiger partial charge in [-0.3, -0.25) is 4.68 Å². The van der Waals surface area contributed by atoms with Crippen LogP contribution in [0, 0.1) is 0 Å². The highest BCUT2D eigenvalue weighted by atomic mass is 16.6. The van der Waals surface area contributed by atoms with Crippen LogP contribution in [-0.4, -0.2) is 62.7 Å². The number of aromatic carboxylic acids is 1. The van der Waals surface area contributed by atoms with Crippen molar-refractivity contribution < 1.29 is 29.0 Å². The maximum atomic E-state index is 13.3. The van der Waals surface area contributed by atoms with E-state index in [1.54, 1.807) is 9.58 Å². The van der Waals surface area contributed by atoms with Crippen molar-refractivity contribution in [3.05, 3.63) is 76.6 Å². The Kier molecular flexibility index (Phi) is 7.16. The average molecular weight is 573 g/mol. The number of amides is 2. The second kappa shape index (κ2) is 10.8. The molecule has 220 valence electrons. The van der Waals surface area contributed by atoms with E-state index in [2.05, 4.69) is 29.6 Å². The lowest BCUT2D eigenvalue weighted by Gasteiger charge is -2.26. The minimum atomic E-state index is -1.08. The van der Waals surface area contributed by atoms with Crippen LogP contribution in [0.15, 0.2) is 48.5 Å². The molecule has 0 spiro atoms. The molecule has 10 nitrogen and oxygen atoms in total. The summed E-state index contributed by atoms with van der Waals surface area (Å²) in [6.07, 6.45) is 1.42. The standard InChI is InChI=1S/C32H36N4O6/c1-32(2,3)42-30(39)33-19-12-13-20(16-19)36-28(29(37)38)25-17-35(15-14-27(25)34-36)31(40)41-18-26-23-10-6-4-8-21(23)22-9-5-7-11-24(22)26/h4-11,19-20,26H,12-18H2,1-3H3,(H,33,39)(H,37,38)/t19-,20-/m1/s1. The van der Waals surface area contributed by atoms with Gasteiger partial charge in [0.15, 0.2) is 5.69 Å². The summed E-state index contributed by atoms with van der Waals surface area (Å²) in [6.45, 7) is 6.15. The van der Waals surface area contributed by atoms with Crippen LogP contribution in [0.2, 0.25) is 0 Å². The highest BCUT2D eigenvalue weighted by Crippen LogP contribution is 2.44. The molecule has 0 radical (unpaired) electrons. The Bertz CT molecular complexity index is 1490. The number of carbonyl (C=O) groups is 3. The molecule has 0 unspecified atom stereocenters. The number of benzene rings is 2. The van der Waals surface area contributed by atoms with Crippen LogP contribution in [0.5, 0.6) is 0 Å². The molecule has 2 aromatic carbocycles. The third-order valence-electron chi connectivity index (χ3n) is 8.33. The lowest BCUT2D eigenvalue weighted by molar-refractivity contribution is 0.0503. The van der Waals surface area contributed by atoms with E-state index >= 15 is 0 Å². The van der Waals surface area contributed by atoms with Crippen LogP contribution in [0.3, 0.4) is 0 Å². The molecule has 10 heteroatoms. The predicted molar refractivity (Wildman–Crippen MR) is 154 cm³/mol. The second-order valence-electron chi connectivity index (χ2n) is 12.3. The molecule has 1 aliphatic heterocycles. The quantitative estimate of drug-likeness (QED) is 0.413. The summed E-state index contributed by atoms with van der Waals surface area (Å²) in [5.74, 6) is -1.13. The molecule has 1 saturated carbocycles. The Balaban J connectivity index is 1.13. The van der Waals surface area contributed by atoms with E-state index in [4.69, 9.17) is 14.6 Å². The van der Waals surface area contributed by atoms with E-state index < -0.39 is 23.8 Å². The fourth-order valence-corrected chi connectivity index (χ4v) is 6.51. The molecule has 2 heterocycles. The molecule has 2 N–H and O–H groups in total. The van der Waals surface area contributed by atoms with Gasteiger partial charge in [0.25, 0.3) is 0 Å². The number of rotatable bonds is 5. The van der Waals surface area contributed by atoms with Gasteiger partial charge in [0.05, 0.1) is 18.3 Å². The largest absolute Gasteiger partial charge is 0.477 e. The van der Waals surface area contributed by atoms with Gasteiger partial charge in [0.1, 0.15) is 12.2 Å². The molecule has 0 saturated heterocycles. The van der Waals surface area contributed by atoms with Gasteiger partial charge in [-0.1, -0.05) is 48.5 Å². The van der Waals surface area contributed by atoms with Crippen molar-refractivity contribution in [2.75, 3.05) is 13.2 Å². The molecule has 2 atom stereocenters. The second-order valence-corrected chi connectivity index (χ2v) is 12.3. The summed E-state index contributed by atoms with van der Waals surface area (Å²) in [5, 5.41) is 17.8. The molecule has 6 rings (SSSR count). The monoisotopic (exact) mass is 572 g/mol. The number of carbonyl (C=O) groups excluding carboxylic acids is 2. The topological polar surface area (TPSA) is 123 Å². The molecular weight excluding hydrogens is 536 g/mol. The number of hydrogen-bond acceptors (Lipinski definition) is 6. The summed E-state index contributed by atoms with van der Waals surface area (Å²) in [5.41, 5.74) is 5.33. The Labute approximate surface area is 244 Å². The highest BCUT2D eigenvalue weighted by Gasteiger charge is 2.37. The first-order valence-electron chi connectivity index (χ1n) is 14.5. The molecule has 1 aromatic heterocycles. The number of alkyl carbamates (subject to hydrolysis) is 1. The molecule has 2 amide bonds. The van der Waals surface area contributed by atoms with Gasteiger partial charge in [0.2, 0.25) is 0 Å². The molecule has 1 fully saturated rings. The number of nitrogens with zero attached hydrogens (tertiary/aromatic N) is 3. The van der Waals surface area contributed by atoms with Crippen molar-refractivity contribution in [3.8, 4) is 11.1 Å². The van der Waals surface area contributed by atoms with Gasteiger partial charge < -0.3 is 24.8 Å². The molecule has 3 aliphatic rings. The molecule has 2 aliphatic carbocycles.